The van der Waals surface area contributed by atoms with Gasteiger partial charge >= 0.3 is 5.97 Å². The van der Waals surface area contributed by atoms with Crippen LogP contribution in [-0.2, 0) is 20.8 Å². The fourth-order valence-electron chi connectivity index (χ4n) is 1.49. The lowest BCUT2D eigenvalue weighted by Gasteiger charge is -2.06. The quantitative estimate of drug-likeness (QED) is 0.657. The van der Waals surface area contributed by atoms with Crippen LogP contribution in [0, 0.1) is 0 Å². The van der Waals surface area contributed by atoms with Crippen LogP contribution in [0.25, 0.3) is 0 Å². The Balaban J connectivity index is 2.12. The van der Waals surface area contributed by atoms with Gasteiger partial charge in [0, 0.05) is 20.3 Å². The van der Waals surface area contributed by atoms with Crippen molar-refractivity contribution in [3.05, 3.63) is 35.4 Å². The van der Waals surface area contributed by atoms with Crippen molar-refractivity contribution < 1.29 is 24.1 Å². The number of ether oxygens (including phenoxy) is 3. The molecule has 0 amide bonds. The Morgan fingerprint density at radius 3 is 2.68 bits per heavy atom. The fraction of sp³-hybridized carbons (Fsp3) is 0.500. The molecule has 5 nitrogen and oxygen atoms in total. The molecule has 0 aliphatic heterocycles. The molecule has 0 spiro atoms. The van der Waals surface area contributed by atoms with Crippen LogP contribution in [0.15, 0.2) is 24.3 Å². The van der Waals surface area contributed by atoms with E-state index in [1.807, 2.05) is 6.07 Å². The fourth-order valence-corrected chi connectivity index (χ4v) is 1.49. The van der Waals surface area contributed by atoms with Crippen LogP contribution in [-0.4, -0.2) is 44.6 Å². The lowest BCUT2D eigenvalue weighted by atomic mass is 10.1. The highest BCUT2D eigenvalue weighted by atomic mass is 16.5. The summed E-state index contributed by atoms with van der Waals surface area (Å²) in [7, 11) is 1.64. The number of benzene rings is 1. The molecule has 0 saturated carbocycles. The van der Waals surface area contributed by atoms with E-state index in [9.17, 15) is 4.79 Å². The van der Waals surface area contributed by atoms with E-state index in [-0.39, 0.29) is 5.56 Å². The van der Waals surface area contributed by atoms with Crippen molar-refractivity contribution in [1.82, 2.24) is 0 Å². The predicted octanol–water partition coefficient (Wildman–Crippen LogP) is 1.95. The van der Waals surface area contributed by atoms with E-state index in [1.165, 1.54) is 0 Å². The lowest BCUT2D eigenvalue weighted by Crippen LogP contribution is -2.06. The molecule has 0 aliphatic rings. The molecule has 0 aromatic heterocycles. The Morgan fingerprint density at radius 1 is 1.16 bits per heavy atom. The Hall–Kier alpha value is -1.43. The summed E-state index contributed by atoms with van der Waals surface area (Å²) in [6.45, 7) is 2.84. The summed E-state index contributed by atoms with van der Waals surface area (Å²) >= 11 is 0. The monoisotopic (exact) mass is 268 g/mol. The first kappa shape index (κ1) is 15.6. The van der Waals surface area contributed by atoms with Gasteiger partial charge in [0.1, 0.15) is 0 Å². The highest BCUT2D eigenvalue weighted by Crippen LogP contribution is 2.06. The third-order valence-corrected chi connectivity index (χ3v) is 2.45. The van der Waals surface area contributed by atoms with Gasteiger partial charge < -0.3 is 19.3 Å². The number of methoxy groups -OCH3 is 1. The smallest absolute Gasteiger partial charge is 0.335 e. The van der Waals surface area contributed by atoms with E-state index in [2.05, 4.69) is 0 Å². The van der Waals surface area contributed by atoms with Gasteiger partial charge in [-0.25, -0.2) is 4.79 Å². The van der Waals surface area contributed by atoms with Gasteiger partial charge in [0.15, 0.2) is 0 Å². The average Bonchev–Trinajstić information content (AvgIpc) is 2.42. The maximum absolute atomic E-state index is 10.8. The van der Waals surface area contributed by atoms with Crippen molar-refractivity contribution in [3.63, 3.8) is 0 Å². The van der Waals surface area contributed by atoms with Crippen molar-refractivity contribution in [2.75, 3.05) is 33.5 Å². The van der Waals surface area contributed by atoms with Crippen LogP contribution in [0.5, 0.6) is 0 Å². The van der Waals surface area contributed by atoms with E-state index in [1.54, 1.807) is 25.3 Å². The number of hydrogen-bond acceptors (Lipinski definition) is 4. The first-order valence-corrected chi connectivity index (χ1v) is 6.20. The van der Waals surface area contributed by atoms with Gasteiger partial charge in [0.2, 0.25) is 0 Å². The number of carbonyl (C=O) groups is 1. The van der Waals surface area contributed by atoms with Crippen molar-refractivity contribution >= 4 is 5.97 Å². The molecule has 0 heterocycles. The summed E-state index contributed by atoms with van der Waals surface area (Å²) in [6, 6.07) is 6.75. The van der Waals surface area contributed by atoms with Gasteiger partial charge in [-0.2, -0.15) is 0 Å². The summed E-state index contributed by atoms with van der Waals surface area (Å²) in [5.74, 6) is -0.923. The Labute approximate surface area is 113 Å². The standard InChI is InChI=1S/C14H20O5/c1-17-8-9-18-6-3-7-19-11-12-4-2-5-13(10-12)14(15)16/h2,4-5,10H,3,6-9,11H2,1H3,(H,15,16). The Kier molecular flexibility index (Phi) is 7.81. The van der Waals surface area contributed by atoms with Crippen molar-refractivity contribution in [3.8, 4) is 0 Å². The zero-order valence-electron chi connectivity index (χ0n) is 11.1. The predicted molar refractivity (Wildman–Crippen MR) is 70.4 cm³/mol. The molecule has 1 aromatic rings. The summed E-state index contributed by atoms with van der Waals surface area (Å²) in [6.07, 6.45) is 0.808. The molecule has 0 bridgehead atoms. The van der Waals surface area contributed by atoms with E-state index in [0.717, 1.165) is 12.0 Å². The number of carboxylic acids is 1. The van der Waals surface area contributed by atoms with E-state index in [4.69, 9.17) is 19.3 Å². The summed E-state index contributed by atoms with van der Waals surface area (Å²) in [4.78, 5) is 10.8. The number of aromatic carboxylic acids is 1. The van der Waals surface area contributed by atoms with Gasteiger partial charge in [0.05, 0.1) is 25.4 Å². The van der Waals surface area contributed by atoms with Crippen molar-refractivity contribution in [1.29, 1.82) is 0 Å². The van der Waals surface area contributed by atoms with E-state index >= 15 is 0 Å². The molecule has 106 valence electrons. The summed E-state index contributed by atoms with van der Waals surface area (Å²) in [5, 5.41) is 8.85. The van der Waals surface area contributed by atoms with Crippen molar-refractivity contribution in [2.45, 2.75) is 13.0 Å². The molecule has 0 atom stereocenters. The van der Waals surface area contributed by atoms with E-state index < -0.39 is 5.97 Å². The molecule has 1 rings (SSSR count). The molecule has 5 heteroatoms. The molecule has 1 aromatic carbocycles. The minimum absolute atomic E-state index is 0.281. The van der Waals surface area contributed by atoms with Crippen LogP contribution in [0.4, 0.5) is 0 Å². The Bertz CT molecular complexity index is 378. The van der Waals surface area contributed by atoms with E-state index in [0.29, 0.717) is 33.0 Å². The normalized spacial score (nSPS) is 10.6. The zero-order valence-corrected chi connectivity index (χ0v) is 11.1. The number of rotatable bonds is 10. The molecular formula is C14H20O5. The van der Waals surface area contributed by atoms with Gasteiger partial charge in [-0.05, 0) is 24.1 Å². The summed E-state index contributed by atoms with van der Waals surface area (Å²) in [5.41, 5.74) is 1.14. The largest absolute Gasteiger partial charge is 0.478 e. The highest BCUT2D eigenvalue weighted by Gasteiger charge is 2.02. The lowest BCUT2D eigenvalue weighted by molar-refractivity contribution is 0.0483. The molecule has 0 saturated heterocycles. The third-order valence-electron chi connectivity index (χ3n) is 2.45. The molecule has 0 fully saturated rings. The van der Waals surface area contributed by atoms with Crippen molar-refractivity contribution in [2.24, 2.45) is 0 Å². The molecule has 1 N–H and O–H groups in total. The molecular weight excluding hydrogens is 248 g/mol. The van der Waals surface area contributed by atoms with Crippen LogP contribution < -0.4 is 0 Å². The minimum atomic E-state index is -0.923. The molecule has 19 heavy (non-hydrogen) atoms. The zero-order chi connectivity index (χ0) is 13.9. The second kappa shape index (κ2) is 9.49. The number of hydrogen-bond donors (Lipinski definition) is 1. The maximum atomic E-state index is 10.8. The topological polar surface area (TPSA) is 65.0 Å². The average molecular weight is 268 g/mol. The second-order valence-electron chi connectivity index (χ2n) is 4.02. The van der Waals surface area contributed by atoms with Crippen LogP contribution in [0.1, 0.15) is 22.3 Å². The van der Waals surface area contributed by atoms with Gasteiger partial charge in [-0.3, -0.25) is 0 Å². The van der Waals surface area contributed by atoms with Gasteiger partial charge in [0.25, 0.3) is 0 Å². The molecule has 0 radical (unpaired) electrons. The van der Waals surface area contributed by atoms with Gasteiger partial charge in [-0.1, -0.05) is 12.1 Å². The SMILES string of the molecule is COCCOCCCOCc1cccc(C(=O)O)c1. The van der Waals surface area contributed by atoms with Crippen LogP contribution >= 0.6 is 0 Å². The first-order chi connectivity index (χ1) is 9.24. The third kappa shape index (κ3) is 6.91. The number of carboxylic acid groups (broad SMARTS) is 1. The van der Waals surface area contributed by atoms with Crippen LogP contribution in [0.3, 0.4) is 0 Å². The van der Waals surface area contributed by atoms with Crippen LogP contribution in [0.2, 0.25) is 0 Å². The first-order valence-electron chi connectivity index (χ1n) is 6.20. The molecule has 0 aliphatic carbocycles. The maximum Gasteiger partial charge on any atom is 0.335 e. The minimum Gasteiger partial charge on any atom is -0.478 e. The Morgan fingerprint density at radius 2 is 1.95 bits per heavy atom. The molecule has 0 unspecified atom stereocenters. The second-order valence-corrected chi connectivity index (χ2v) is 4.02. The van der Waals surface area contributed by atoms with Gasteiger partial charge in [-0.15, -0.1) is 0 Å². The highest BCUT2D eigenvalue weighted by molar-refractivity contribution is 5.87. The summed E-state index contributed by atoms with van der Waals surface area (Å²) < 4.78 is 15.6.